The van der Waals surface area contributed by atoms with Crippen molar-refractivity contribution in [1.29, 1.82) is 0 Å². The molecule has 0 bridgehead atoms. The third-order valence-electron chi connectivity index (χ3n) is 2.60. The highest BCUT2D eigenvalue weighted by molar-refractivity contribution is 5.70. The van der Waals surface area contributed by atoms with Crippen LogP contribution in [0.5, 0.6) is 0 Å². The minimum Gasteiger partial charge on any atom is -0.481 e. The molecule has 0 aliphatic rings. The van der Waals surface area contributed by atoms with Crippen molar-refractivity contribution in [3.05, 3.63) is 70.7 Å². The Balaban J connectivity index is 2.20. The maximum absolute atomic E-state index is 11.6. The molecule has 2 aromatic rings. The molecule has 0 aliphatic carbocycles. The molecule has 0 saturated heterocycles. The summed E-state index contributed by atoms with van der Waals surface area (Å²) in [4.78, 5) is 22.0. The average molecular weight is 255 g/mol. The summed E-state index contributed by atoms with van der Waals surface area (Å²) in [6.07, 6.45) is 5.04. The van der Waals surface area contributed by atoms with E-state index in [9.17, 15) is 9.59 Å². The third kappa shape index (κ3) is 3.42. The first-order valence-corrected chi connectivity index (χ1v) is 5.83. The summed E-state index contributed by atoms with van der Waals surface area (Å²) < 4.78 is 1.55. The van der Waals surface area contributed by atoms with Crippen molar-refractivity contribution in [2.24, 2.45) is 0 Å². The van der Waals surface area contributed by atoms with E-state index in [0.717, 1.165) is 11.3 Å². The highest BCUT2D eigenvalue weighted by Gasteiger charge is 1.97. The van der Waals surface area contributed by atoms with E-state index in [1.54, 1.807) is 35.0 Å². The minimum absolute atomic E-state index is 0.000104. The molecule has 0 fully saturated rings. The molecular formula is C15H13NO3. The molecule has 2 rings (SSSR count). The smallest absolute Gasteiger partial charge is 0.307 e. The van der Waals surface area contributed by atoms with Gasteiger partial charge in [-0.05, 0) is 23.8 Å². The Morgan fingerprint density at radius 1 is 1.16 bits per heavy atom. The van der Waals surface area contributed by atoms with Gasteiger partial charge in [0, 0.05) is 18.0 Å². The van der Waals surface area contributed by atoms with Crippen LogP contribution in [0.15, 0.2) is 59.5 Å². The van der Waals surface area contributed by atoms with Gasteiger partial charge in [0.05, 0.1) is 6.42 Å². The van der Waals surface area contributed by atoms with Gasteiger partial charge in [-0.15, -0.1) is 0 Å². The minimum atomic E-state index is -0.858. The van der Waals surface area contributed by atoms with E-state index in [1.807, 2.05) is 24.3 Å². The number of benzene rings is 1. The largest absolute Gasteiger partial charge is 0.481 e. The van der Waals surface area contributed by atoms with Crippen molar-refractivity contribution in [2.45, 2.75) is 6.42 Å². The normalized spacial score (nSPS) is 10.7. The van der Waals surface area contributed by atoms with Gasteiger partial charge in [0.15, 0.2) is 0 Å². The summed E-state index contributed by atoms with van der Waals surface area (Å²) in [5.41, 5.74) is 1.59. The van der Waals surface area contributed by atoms with Gasteiger partial charge in [0.25, 0.3) is 5.56 Å². The summed E-state index contributed by atoms with van der Waals surface area (Å²) in [6.45, 7) is 0. The monoisotopic (exact) mass is 255 g/mol. The Morgan fingerprint density at radius 2 is 1.89 bits per heavy atom. The first-order chi connectivity index (χ1) is 9.16. The van der Waals surface area contributed by atoms with E-state index in [-0.39, 0.29) is 12.0 Å². The summed E-state index contributed by atoms with van der Waals surface area (Å²) in [6, 6.07) is 12.3. The van der Waals surface area contributed by atoms with Crippen LogP contribution in [0, 0.1) is 0 Å². The van der Waals surface area contributed by atoms with Crippen LogP contribution in [0.2, 0.25) is 0 Å². The second-order valence-electron chi connectivity index (χ2n) is 4.00. The van der Waals surface area contributed by atoms with Crippen LogP contribution in [0.3, 0.4) is 0 Å². The second kappa shape index (κ2) is 5.82. The van der Waals surface area contributed by atoms with Gasteiger partial charge in [-0.25, -0.2) is 0 Å². The number of hydrogen-bond donors (Lipinski definition) is 1. The standard InChI is InChI=1S/C15H13NO3/c17-14-5-1-2-11-16(14)13-9-7-12(8-10-13)4-3-6-15(18)19/h1-5,7-11H,6H2,(H,18,19). The topological polar surface area (TPSA) is 59.3 Å². The number of aromatic nitrogens is 1. The maximum atomic E-state index is 11.6. The van der Waals surface area contributed by atoms with E-state index >= 15 is 0 Å². The van der Waals surface area contributed by atoms with Crippen LogP contribution in [0.25, 0.3) is 11.8 Å². The fourth-order valence-corrected chi connectivity index (χ4v) is 1.68. The highest BCUT2D eigenvalue weighted by Crippen LogP contribution is 2.09. The Morgan fingerprint density at radius 3 is 2.53 bits per heavy atom. The van der Waals surface area contributed by atoms with E-state index in [2.05, 4.69) is 0 Å². The van der Waals surface area contributed by atoms with Crippen molar-refractivity contribution >= 4 is 12.0 Å². The zero-order valence-electron chi connectivity index (χ0n) is 10.2. The van der Waals surface area contributed by atoms with Crippen LogP contribution < -0.4 is 5.56 Å². The first-order valence-electron chi connectivity index (χ1n) is 5.83. The SMILES string of the molecule is O=C(O)CC=Cc1ccc(-n2ccccc2=O)cc1. The Labute approximate surface area is 110 Å². The predicted octanol–water partition coefficient (Wildman–Crippen LogP) is 2.33. The number of nitrogens with zero attached hydrogens (tertiary/aromatic N) is 1. The molecule has 1 aromatic heterocycles. The van der Waals surface area contributed by atoms with Gasteiger partial charge in [0.2, 0.25) is 0 Å². The van der Waals surface area contributed by atoms with Crippen LogP contribution >= 0.6 is 0 Å². The summed E-state index contributed by atoms with van der Waals surface area (Å²) in [5.74, 6) is -0.858. The van der Waals surface area contributed by atoms with Crippen LogP contribution in [0.1, 0.15) is 12.0 Å². The highest BCUT2D eigenvalue weighted by atomic mass is 16.4. The molecule has 1 N–H and O–H groups in total. The Kier molecular flexibility index (Phi) is 3.93. The molecule has 96 valence electrons. The second-order valence-corrected chi connectivity index (χ2v) is 4.00. The van der Waals surface area contributed by atoms with Crippen molar-refractivity contribution in [3.63, 3.8) is 0 Å². The molecule has 0 saturated carbocycles. The molecule has 0 aliphatic heterocycles. The zero-order chi connectivity index (χ0) is 13.7. The number of pyridine rings is 1. The molecule has 19 heavy (non-hydrogen) atoms. The van der Waals surface area contributed by atoms with Gasteiger partial charge in [0.1, 0.15) is 0 Å². The van der Waals surface area contributed by atoms with Crippen molar-refractivity contribution in [1.82, 2.24) is 4.57 Å². The van der Waals surface area contributed by atoms with E-state index in [1.165, 1.54) is 6.07 Å². The van der Waals surface area contributed by atoms with Gasteiger partial charge in [-0.1, -0.05) is 30.4 Å². The van der Waals surface area contributed by atoms with Crippen molar-refractivity contribution in [2.75, 3.05) is 0 Å². The number of aliphatic carboxylic acids is 1. The predicted molar refractivity (Wildman–Crippen MR) is 73.3 cm³/mol. The summed E-state index contributed by atoms with van der Waals surface area (Å²) >= 11 is 0. The van der Waals surface area contributed by atoms with E-state index < -0.39 is 5.97 Å². The quantitative estimate of drug-likeness (QED) is 0.912. The van der Waals surface area contributed by atoms with Gasteiger partial charge in [-0.2, -0.15) is 0 Å². The number of carboxylic acid groups (broad SMARTS) is 1. The molecule has 1 aromatic carbocycles. The molecule has 4 nitrogen and oxygen atoms in total. The lowest BCUT2D eigenvalue weighted by atomic mass is 10.2. The van der Waals surface area contributed by atoms with Crippen molar-refractivity contribution < 1.29 is 9.90 Å². The Hall–Kier alpha value is -2.62. The summed E-state index contributed by atoms with van der Waals surface area (Å²) in [7, 11) is 0. The molecule has 1 heterocycles. The zero-order valence-corrected chi connectivity index (χ0v) is 10.2. The number of carbonyl (C=O) groups is 1. The molecular weight excluding hydrogens is 242 g/mol. The van der Waals surface area contributed by atoms with Crippen LogP contribution in [0.4, 0.5) is 0 Å². The number of rotatable bonds is 4. The molecule has 0 unspecified atom stereocenters. The lowest BCUT2D eigenvalue weighted by Crippen LogP contribution is -2.15. The average Bonchev–Trinajstić information content (AvgIpc) is 2.40. The van der Waals surface area contributed by atoms with Crippen LogP contribution in [-0.2, 0) is 4.79 Å². The van der Waals surface area contributed by atoms with Gasteiger partial charge < -0.3 is 5.11 Å². The third-order valence-corrected chi connectivity index (χ3v) is 2.60. The van der Waals surface area contributed by atoms with Crippen molar-refractivity contribution in [3.8, 4) is 5.69 Å². The molecule has 4 heteroatoms. The number of carboxylic acids is 1. The fraction of sp³-hybridized carbons (Fsp3) is 0.0667. The van der Waals surface area contributed by atoms with Gasteiger partial charge >= 0.3 is 5.97 Å². The molecule has 0 radical (unpaired) electrons. The lowest BCUT2D eigenvalue weighted by molar-refractivity contribution is -0.135. The fourth-order valence-electron chi connectivity index (χ4n) is 1.68. The Bertz CT molecular complexity index is 654. The molecule has 0 spiro atoms. The molecule has 0 atom stereocenters. The number of hydrogen-bond acceptors (Lipinski definition) is 2. The maximum Gasteiger partial charge on any atom is 0.307 e. The van der Waals surface area contributed by atoms with Gasteiger partial charge in [-0.3, -0.25) is 14.2 Å². The first kappa shape index (κ1) is 12.8. The van der Waals surface area contributed by atoms with E-state index in [4.69, 9.17) is 5.11 Å². The molecule has 0 amide bonds. The summed E-state index contributed by atoms with van der Waals surface area (Å²) in [5, 5.41) is 8.53. The van der Waals surface area contributed by atoms with Crippen LogP contribution in [-0.4, -0.2) is 15.6 Å². The lowest BCUT2D eigenvalue weighted by Gasteiger charge is -2.04. The van der Waals surface area contributed by atoms with E-state index in [0.29, 0.717) is 0 Å².